The number of nitrogens with zero attached hydrogens (tertiary/aromatic N) is 2. The molecule has 186 valence electrons. The van der Waals surface area contributed by atoms with Crippen LogP contribution >= 0.6 is 0 Å². The summed E-state index contributed by atoms with van der Waals surface area (Å²) < 4.78 is 56.1. The Kier molecular flexibility index (Phi) is 7.82. The SMILES string of the molecule is C=CCn1nc(NS(=O)(=O)c2ccccc2)c(-c2ccc(OC)c(F)c2)c1COCc1ccccc1. The summed E-state index contributed by atoms with van der Waals surface area (Å²) in [6.07, 6.45) is 1.64. The Balaban J connectivity index is 1.78. The third kappa shape index (κ3) is 5.64. The molecule has 4 rings (SSSR count). The van der Waals surface area contributed by atoms with Gasteiger partial charge in [0.25, 0.3) is 10.0 Å². The minimum absolute atomic E-state index is 0.0589. The fourth-order valence-electron chi connectivity index (χ4n) is 3.74. The summed E-state index contributed by atoms with van der Waals surface area (Å²) in [5, 5.41) is 4.51. The van der Waals surface area contributed by atoms with Crippen LogP contribution in [0.4, 0.5) is 10.2 Å². The molecule has 0 saturated carbocycles. The number of rotatable bonds is 11. The minimum Gasteiger partial charge on any atom is -0.494 e. The van der Waals surface area contributed by atoms with Gasteiger partial charge in [-0.3, -0.25) is 9.40 Å². The molecule has 1 aromatic heterocycles. The van der Waals surface area contributed by atoms with Crippen LogP contribution in [0.15, 0.2) is 96.4 Å². The summed E-state index contributed by atoms with van der Waals surface area (Å²) in [5.74, 6) is -0.450. The molecule has 0 atom stereocenters. The lowest BCUT2D eigenvalue weighted by Crippen LogP contribution is -2.14. The van der Waals surface area contributed by atoms with Crippen molar-refractivity contribution in [3.8, 4) is 16.9 Å². The van der Waals surface area contributed by atoms with Crippen LogP contribution in [-0.2, 0) is 34.5 Å². The summed E-state index contributed by atoms with van der Waals surface area (Å²) in [7, 11) is -2.58. The highest BCUT2D eigenvalue weighted by molar-refractivity contribution is 7.92. The van der Waals surface area contributed by atoms with E-state index in [2.05, 4.69) is 16.4 Å². The van der Waals surface area contributed by atoms with Crippen LogP contribution in [0, 0.1) is 5.82 Å². The van der Waals surface area contributed by atoms with E-state index in [4.69, 9.17) is 9.47 Å². The Hall–Kier alpha value is -3.95. The lowest BCUT2D eigenvalue weighted by Gasteiger charge is -2.12. The van der Waals surface area contributed by atoms with E-state index in [0.717, 1.165) is 5.56 Å². The number of hydrogen-bond donors (Lipinski definition) is 1. The Morgan fingerprint density at radius 2 is 1.72 bits per heavy atom. The first-order chi connectivity index (χ1) is 17.4. The average molecular weight is 508 g/mol. The standard InChI is InChI=1S/C27H26FN3O4S/c1-3-16-31-24(19-35-18-20-10-6-4-7-11-20)26(21-14-15-25(34-2)23(28)17-21)27(29-31)30-36(32,33)22-12-8-5-9-13-22/h3-15,17H,1,16,18-19H2,2H3,(H,29,30). The fourth-order valence-corrected chi connectivity index (χ4v) is 4.77. The van der Waals surface area contributed by atoms with Crippen LogP contribution in [0.5, 0.6) is 5.75 Å². The number of sulfonamides is 1. The summed E-state index contributed by atoms with van der Waals surface area (Å²) in [4.78, 5) is 0.0806. The molecule has 0 amide bonds. The number of halogens is 1. The summed E-state index contributed by atoms with van der Waals surface area (Å²) in [5.41, 5.74) is 2.38. The molecule has 0 fully saturated rings. The molecule has 0 bridgehead atoms. The molecule has 4 aromatic rings. The number of benzene rings is 3. The first kappa shape index (κ1) is 25.2. The van der Waals surface area contributed by atoms with E-state index in [1.54, 1.807) is 35.0 Å². The normalized spacial score (nSPS) is 11.3. The van der Waals surface area contributed by atoms with Crippen LogP contribution in [0.2, 0.25) is 0 Å². The number of nitrogens with one attached hydrogen (secondary N) is 1. The van der Waals surface area contributed by atoms with E-state index in [0.29, 0.717) is 30.0 Å². The van der Waals surface area contributed by atoms with E-state index in [1.165, 1.54) is 31.4 Å². The lowest BCUT2D eigenvalue weighted by atomic mass is 10.0. The Labute approximate surface area is 209 Å². The molecule has 0 aliphatic carbocycles. The number of hydrogen-bond acceptors (Lipinski definition) is 5. The van der Waals surface area contributed by atoms with E-state index < -0.39 is 15.8 Å². The Morgan fingerprint density at radius 1 is 1.03 bits per heavy atom. The third-order valence-electron chi connectivity index (χ3n) is 5.44. The molecule has 0 spiro atoms. The molecule has 36 heavy (non-hydrogen) atoms. The number of allylic oxidation sites excluding steroid dienone is 1. The van der Waals surface area contributed by atoms with Crippen molar-refractivity contribution in [2.24, 2.45) is 0 Å². The van der Waals surface area contributed by atoms with Gasteiger partial charge < -0.3 is 9.47 Å². The molecular weight excluding hydrogens is 481 g/mol. The van der Waals surface area contributed by atoms with E-state index in [-0.39, 0.29) is 23.1 Å². The highest BCUT2D eigenvalue weighted by Crippen LogP contribution is 2.35. The van der Waals surface area contributed by atoms with E-state index in [9.17, 15) is 12.8 Å². The van der Waals surface area contributed by atoms with Gasteiger partial charge >= 0.3 is 0 Å². The van der Waals surface area contributed by atoms with Crippen LogP contribution in [0.25, 0.3) is 11.1 Å². The first-order valence-electron chi connectivity index (χ1n) is 11.2. The zero-order valence-electron chi connectivity index (χ0n) is 19.7. The average Bonchev–Trinajstić information content (AvgIpc) is 3.21. The fraction of sp³-hybridized carbons (Fsp3) is 0.148. The number of aromatic nitrogens is 2. The van der Waals surface area contributed by atoms with Crippen molar-refractivity contribution in [1.29, 1.82) is 0 Å². The quantitative estimate of drug-likeness (QED) is 0.275. The van der Waals surface area contributed by atoms with Crippen molar-refractivity contribution in [2.75, 3.05) is 11.8 Å². The Bertz CT molecular complexity index is 1440. The minimum atomic E-state index is -3.96. The molecular formula is C27H26FN3O4S. The van der Waals surface area contributed by atoms with Gasteiger partial charge in [0.1, 0.15) is 0 Å². The van der Waals surface area contributed by atoms with Crippen LogP contribution < -0.4 is 9.46 Å². The van der Waals surface area contributed by atoms with Crippen molar-refractivity contribution >= 4 is 15.8 Å². The van der Waals surface area contributed by atoms with Gasteiger partial charge in [-0.05, 0) is 35.4 Å². The highest BCUT2D eigenvalue weighted by Gasteiger charge is 2.25. The Morgan fingerprint density at radius 3 is 2.36 bits per heavy atom. The second-order valence-corrected chi connectivity index (χ2v) is 9.57. The van der Waals surface area contributed by atoms with Crippen molar-refractivity contribution < 1.29 is 22.3 Å². The van der Waals surface area contributed by atoms with Gasteiger partial charge in [0.05, 0.1) is 43.0 Å². The number of methoxy groups -OCH3 is 1. The maximum absolute atomic E-state index is 14.7. The van der Waals surface area contributed by atoms with Crippen LogP contribution in [0.1, 0.15) is 11.3 Å². The maximum atomic E-state index is 14.7. The second kappa shape index (κ2) is 11.2. The third-order valence-corrected chi connectivity index (χ3v) is 6.79. The monoisotopic (exact) mass is 507 g/mol. The number of ether oxygens (including phenoxy) is 2. The maximum Gasteiger partial charge on any atom is 0.263 e. The van der Waals surface area contributed by atoms with Crippen molar-refractivity contribution in [1.82, 2.24) is 9.78 Å². The van der Waals surface area contributed by atoms with Crippen molar-refractivity contribution in [3.05, 3.63) is 109 Å². The smallest absolute Gasteiger partial charge is 0.263 e. The molecule has 3 aromatic carbocycles. The highest BCUT2D eigenvalue weighted by atomic mass is 32.2. The molecule has 0 radical (unpaired) electrons. The largest absolute Gasteiger partial charge is 0.494 e. The molecule has 0 aliphatic heterocycles. The van der Waals surface area contributed by atoms with Crippen molar-refractivity contribution in [3.63, 3.8) is 0 Å². The summed E-state index contributed by atoms with van der Waals surface area (Å²) in [6, 6.07) is 22.0. The van der Waals surface area contributed by atoms with Crippen molar-refractivity contribution in [2.45, 2.75) is 24.7 Å². The molecule has 0 saturated heterocycles. The van der Waals surface area contributed by atoms with E-state index >= 15 is 0 Å². The summed E-state index contributed by atoms with van der Waals surface area (Å²) in [6.45, 7) is 4.51. The van der Waals surface area contributed by atoms with Gasteiger partial charge in [0.2, 0.25) is 0 Å². The molecule has 1 heterocycles. The molecule has 1 N–H and O–H groups in total. The molecule has 7 nitrogen and oxygen atoms in total. The molecule has 0 unspecified atom stereocenters. The summed E-state index contributed by atoms with van der Waals surface area (Å²) >= 11 is 0. The van der Waals surface area contributed by atoms with Gasteiger partial charge in [0, 0.05) is 0 Å². The van der Waals surface area contributed by atoms with Gasteiger partial charge in [-0.2, -0.15) is 5.10 Å². The van der Waals surface area contributed by atoms with Gasteiger partial charge in [0.15, 0.2) is 17.4 Å². The lowest BCUT2D eigenvalue weighted by molar-refractivity contribution is 0.102. The molecule has 9 heteroatoms. The molecule has 0 aliphatic rings. The van der Waals surface area contributed by atoms with E-state index in [1.807, 2.05) is 30.3 Å². The number of anilines is 1. The first-order valence-corrected chi connectivity index (χ1v) is 12.6. The predicted octanol–water partition coefficient (Wildman–Crippen LogP) is 5.40. The van der Waals surface area contributed by atoms with Crippen LogP contribution in [0.3, 0.4) is 0 Å². The predicted molar refractivity (Wildman–Crippen MR) is 137 cm³/mol. The van der Waals surface area contributed by atoms with Crippen LogP contribution in [-0.4, -0.2) is 25.3 Å². The van der Waals surface area contributed by atoms with Gasteiger partial charge in [-0.1, -0.05) is 60.7 Å². The second-order valence-electron chi connectivity index (χ2n) is 7.89. The zero-order chi connectivity index (χ0) is 25.5. The van der Waals surface area contributed by atoms with Gasteiger partial charge in [-0.25, -0.2) is 12.8 Å². The topological polar surface area (TPSA) is 82.5 Å². The zero-order valence-corrected chi connectivity index (χ0v) is 20.5. The van der Waals surface area contributed by atoms with Gasteiger partial charge in [-0.15, -0.1) is 6.58 Å².